The Balaban J connectivity index is 2.08. The van der Waals surface area contributed by atoms with Gasteiger partial charge >= 0.3 is 5.97 Å². The molecule has 0 aliphatic heterocycles. The minimum absolute atomic E-state index is 0.302. The first-order valence-electron chi connectivity index (χ1n) is 7.90. The molecule has 0 fully saturated rings. The Morgan fingerprint density at radius 1 is 0.889 bits per heavy atom. The highest BCUT2D eigenvalue weighted by Crippen LogP contribution is 2.28. The zero-order chi connectivity index (χ0) is 19.8. The maximum absolute atomic E-state index is 12.2. The fraction of sp³-hybridized carbons (Fsp3) is 0.211. The number of nitrogens with one attached hydrogen (secondary N) is 1. The van der Waals surface area contributed by atoms with Crippen LogP contribution in [0.2, 0.25) is 0 Å². The summed E-state index contributed by atoms with van der Waals surface area (Å²) in [7, 11) is 4.47. The third-order valence-electron chi connectivity index (χ3n) is 3.47. The maximum atomic E-state index is 12.2. The van der Waals surface area contributed by atoms with Gasteiger partial charge in [-0.3, -0.25) is 9.59 Å². The summed E-state index contributed by atoms with van der Waals surface area (Å²) in [6.07, 6.45) is 1.44. The predicted octanol–water partition coefficient (Wildman–Crippen LogP) is 2.40. The van der Waals surface area contributed by atoms with Crippen molar-refractivity contribution in [2.24, 2.45) is 5.10 Å². The molecule has 8 nitrogen and oxygen atoms in total. The Morgan fingerprint density at radius 3 is 2.15 bits per heavy atom. The molecule has 0 aliphatic rings. The second kappa shape index (κ2) is 9.23. The molecule has 1 amide bonds. The number of esters is 1. The van der Waals surface area contributed by atoms with Crippen LogP contribution in [0.25, 0.3) is 0 Å². The van der Waals surface area contributed by atoms with E-state index in [0.29, 0.717) is 34.1 Å². The summed E-state index contributed by atoms with van der Waals surface area (Å²) in [6, 6.07) is 9.68. The van der Waals surface area contributed by atoms with E-state index in [-0.39, 0.29) is 0 Å². The third-order valence-corrected chi connectivity index (χ3v) is 3.47. The normalized spacial score (nSPS) is 10.4. The van der Waals surface area contributed by atoms with Gasteiger partial charge in [-0.2, -0.15) is 5.10 Å². The van der Waals surface area contributed by atoms with Gasteiger partial charge in [0.2, 0.25) is 0 Å². The molecule has 0 spiro atoms. The van der Waals surface area contributed by atoms with Crippen molar-refractivity contribution in [3.8, 4) is 23.0 Å². The number of hydrazone groups is 1. The molecule has 2 aromatic rings. The van der Waals surface area contributed by atoms with Gasteiger partial charge in [-0.05, 0) is 42.0 Å². The highest BCUT2D eigenvalue weighted by molar-refractivity contribution is 5.95. The number of carbonyl (C=O) groups excluding carboxylic acids is 2. The van der Waals surface area contributed by atoms with Gasteiger partial charge in [0.25, 0.3) is 5.91 Å². The van der Waals surface area contributed by atoms with Crippen molar-refractivity contribution in [1.29, 1.82) is 0 Å². The number of carbonyl (C=O) groups is 2. The number of rotatable bonds is 7. The third kappa shape index (κ3) is 5.21. The Morgan fingerprint density at radius 2 is 1.52 bits per heavy atom. The molecule has 0 saturated heterocycles. The lowest BCUT2D eigenvalue weighted by atomic mass is 10.2. The van der Waals surface area contributed by atoms with Crippen molar-refractivity contribution in [2.75, 3.05) is 21.3 Å². The zero-order valence-corrected chi connectivity index (χ0v) is 15.4. The Labute approximate surface area is 156 Å². The van der Waals surface area contributed by atoms with Crippen molar-refractivity contribution in [3.63, 3.8) is 0 Å². The molecule has 2 aromatic carbocycles. The lowest BCUT2D eigenvalue weighted by Crippen LogP contribution is -2.17. The molecule has 142 valence electrons. The van der Waals surface area contributed by atoms with Crippen LogP contribution in [-0.2, 0) is 4.79 Å². The smallest absolute Gasteiger partial charge is 0.308 e. The molecule has 2 rings (SSSR count). The average molecular weight is 372 g/mol. The van der Waals surface area contributed by atoms with Crippen LogP contribution in [0, 0.1) is 0 Å². The molecule has 0 heterocycles. The first kappa shape index (κ1) is 19.8. The molecule has 0 unspecified atom stereocenters. The number of hydrogen-bond acceptors (Lipinski definition) is 7. The van der Waals surface area contributed by atoms with E-state index in [0.717, 1.165) is 0 Å². The first-order chi connectivity index (χ1) is 13.0. The molecule has 0 aromatic heterocycles. The van der Waals surface area contributed by atoms with E-state index in [1.165, 1.54) is 34.5 Å². The van der Waals surface area contributed by atoms with Crippen LogP contribution in [-0.4, -0.2) is 39.4 Å². The first-order valence-corrected chi connectivity index (χ1v) is 7.90. The van der Waals surface area contributed by atoms with Gasteiger partial charge in [0.05, 0.1) is 27.5 Å². The molecule has 27 heavy (non-hydrogen) atoms. The minimum atomic E-state index is -0.447. The summed E-state index contributed by atoms with van der Waals surface area (Å²) in [5.41, 5.74) is 3.45. The lowest BCUT2D eigenvalue weighted by molar-refractivity contribution is -0.132. The van der Waals surface area contributed by atoms with Crippen molar-refractivity contribution < 1.29 is 28.5 Å². The summed E-state index contributed by atoms with van der Waals surface area (Å²) < 4.78 is 20.5. The topological polar surface area (TPSA) is 95.5 Å². The van der Waals surface area contributed by atoms with Crippen molar-refractivity contribution in [3.05, 3.63) is 47.5 Å². The van der Waals surface area contributed by atoms with Crippen LogP contribution >= 0.6 is 0 Å². The van der Waals surface area contributed by atoms with E-state index in [9.17, 15) is 9.59 Å². The quantitative estimate of drug-likeness (QED) is 0.347. The van der Waals surface area contributed by atoms with E-state index < -0.39 is 11.9 Å². The summed E-state index contributed by atoms with van der Waals surface area (Å²) in [5, 5.41) is 3.92. The van der Waals surface area contributed by atoms with E-state index in [2.05, 4.69) is 10.5 Å². The number of methoxy groups -OCH3 is 3. The zero-order valence-electron chi connectivity index (χ0n) is 15.4. The molecular formula is C19H20N2O6. The van der Waals surface area contributed by atoms with Gasteiger partial charge in [-0.15, -0.1) is 0 Å². The largest absolute Gasteiger partial charge is 0.493 e. The summed E-state index contributed by atoms with van der Waals surface area (Å²) in [5.74, 6) is 0.793. The number of ether oxygens (including phenoxy) is 4. The number of amides is 1. The molecule has 0 bridgehead atoms. The molecule has 0 saturated carbocycles. The van der Waals surface area contributed by atoms with Gasteiger partial charge in [-0.25, -0.2) is 5.43 Å². The minimum Gasteiger partial charge on any atom is -0.493 e. The highest BCUT2D eigenvalue weighted by Gasteiger charge is 2.10. The fourth-order valence-corrected chi connectivity index (χ4v) is 2.21. The predicted molar refractivity (Wildman–Crippen MR) is 98.9 cm³/mol. The SMILES string of the molecule is COc1ccc(C(=O)NN=Cc2ccc(OC(C)=O)c(OC)c2)cc1OC. The number of nitrogens with zero attached hydrogens (tertiary/aromatic N) is 1. The monoisotopic (exact) mass is 372 g/mol. The van der Waals surface area contributed by atoms with Crippen LogP contribution in [0.1, 0.15) is 22.8 Å². The standard InChI is InChI=1S/C19H20N2O6/c1-12(22)27-16-7-5-13(9-17(16)25-3)11-20-21-19(23)14-6-8-15(24-2)18(10-14)26-4/h5-11H,1-4H3,(H,21,23). The summed E-state index contributed by atoms with van der Waals surface area (Å²) >= 11 is 0. The van der Waals surface area contributed by atoms with Crippen LogP contribution in [0.15, 0.2) is 41.5 Å². The summed E-state index contributed by atoms with van der Waals surface area (Å²) in [4.78, 5) is 23.3. The molecule has 8 heteroatoms. The van der Waals surface area contributed by atoms with Crippen LogP contribution in [0.4, 0.5) is 0 Å². The van der Waals surface area contributed by atoms with Crippen LogP contribution < -0.4 is 24.4 Å². The van der Waals surface area contributed by atoms with Crippen molar-refractivity contribution in [1.82, 2.24) is 5.43 Å². The van der Waals surface area contributed by atoms with Gasteiger partial charge < -0.3 is 18.9 Å². The van der Waals surface area contributed by atoms with Gasteiger partial charge in [-0.1, -0.05) is 0 Å². The lowest BCUT2D eigenvalue weighted by Gasteiger charge is -2.09. The molecule has 0 atom stereocenters. The van der Waals surface area contributed by atoms with E-state index in [1.54, 1.807) is 36.4 Å². The average Bonchev–Trinajstić information content (AvgIpc) is 2.67. The number of benzene rings is 2. The fourth-order valence-electron chi connectivity index (χ4n) is 2.21. The second-order valence-electron chi connectivity index (χ2n) is 5.27. The van der Waals surface area contributed by atoms with E-state index in [1.807, 2.05) is 0 Å². The molecule has 0 radical (unpaired) electrons. The Bertz CT molecular complexity index is 863. The molecular weight excluding hydrogens is 352 g/mol. The van der Waals surface area contributed by atoms with Crippen molar-refractivity contribution in [2.45, 2.75) is 6.92 Å². The van der Waals surface area contributed by atoms with Gasteiger partial charge in [0.15, 0.2) is 23.0 Å². The van der Waals surface area contributed by atoms with E-state index >= 15 is 0 Å². The van der Waals surface area contributed by atoms with Crippen molar-refractivity contribution >= 4 is 18.1 Å². The Hall–Kier alpha value is -3.55. The van der Waals surface area contributed by atoms with Gasteiger partial charge in [0, 0.05) is 12.5 Å². The summed E-state index contributed by atoms with van der Waals surface area (Å²) in [6.45, 7) is 1.30. The van der Waals surface area contributed by atoms with Crippen LogP contribution in [0.3, 0.4) is 0 Å². The van der Waals surface area contributed by atoms with E-state index in [4.69, 9.17) is 18.9 Å². The molecule has 0 aliphatic carbocycles. The second-order valence-corrected chi connectivity index (χ2v) is 5.27. The van der Waals surface area contributed by atoms with Gasteiger partial charge in [0.1, 0.15) is 0 Å². The Kier molecular flexibility index (Phi) is 6.76. The number of hydrogen-bond donors (Lipinski definition) is 1. The van der Waals surface area contributed by atoms with Crippen LogP contribution in [0.5, 0.6) is 23.0 Å². The highest BCUT2D eigenvalue weighted by atomic mass is 16.6. The molecule has 1 N–H and O–H groups in total. The maximum Gasteiger partial charge on any atom is 0.308 e.